The molecule has 0 aromatic carbocycles. The second-order valence-corrected chi connectivity index (χ2v) is 5.44. The number of amides is 2. The van der Waals surface area contributed by atoms with E-state index in [1.54, 1.807) is 27.7 Å². The standard InChI is InChI=1S/C12H22N2O4/c1-8(5-10(16)17)6-13-9(15)7-14-11(18)12(2,3)4/h8H,5-7H2,1-4H3,(H,13,15)(H,14,18)(H,16,17). The van der Waals surface area contributed by atoms with E-state index in [-0.39, 0.29) is 37.2 Å². The smallest absolute Gasteiger partial charge is 0.303 e. The van der Waals surface area contributed by atoms with Crippen molar-refractivity contribution in [1.82, 2.24) is 10.6 Å². The molecule has 0 aliphatic heterocycles. The van der Waals surface area contributed by atoms with Crippen LogP contribution in [0.4, 0.5) is 0 Å². The summed E-state index contributed by atoms with van der Waals surface area (Å²) in [6.45, 7) is 7.22. The van der Waals surface area contributed by atoms with Crippen LogP contribution in [0.1, 0.15) is 34.1 Å². The van der Waals surface area contributed by atoms with E-state index < -0.39 is 11.4 Å². The Bertz CT molecular complexity index is 321. The quantitative estimate of drug-likeness (QED) is 0.641. The first kappa shape index (κ1) is 16.4. The van der Waals surface area contributed by atoms with Gasteiger partial charge in [-0.2, -0.15) is 0 Å². The van der Waals surface area contributed by atoms with Gasteiger partial charge in [0.05, 0.1) is 6.54 Å². The number of carboxylic acid groups (broad SMARTS) is 1. The monoisotopic (exact) mass is 258 g/mol. The van der Waals surface area contributed by atoms with Crippen LogP contribution in [0.2, 0.25) is 0 Å². The Kier molecular flexibility index (Phi) is 6.36. The zero-order chi connectivity index (χ0) is 14.3. The van der Waals surface area contributed by atoms with Crippen molar-refractivity contribution in [2.45, 2.75) is 34.1 Å². The predicted octanol–water partition coefficient (Wildman–Crippen LogP) is 0.376. The van der Waals surface area contributed by atoms with Crippen LogP contribution < -0.4 is 10.6 Å². The van der Waals surface area contributed by atoms with E-state index in [2.05, 4.69) is 10.6 Å². The number of hydrogen-bond donors (Lipinski definition) is 3. The molecule has 1 atom stereocenters. The molecule has 0 bridgehead atoms. The number of hydrogen-bond acceptors (Lipinski definition) is 3. The second kappa shape index (κ2) is 6.98. The molecule has 1 unspecified atom stereocenters. The summed E-state index contributed by atoms with van der Waals surface area (Å²) in [6, 6.07) is 0. The van der Waals surface area contributed by atoms with Gasteiger partial charge in [-0.1, -0.05) is 27.7 Å². The molecule has 0 fully saturated rings. The molecule has 0 aliphatic carbocycles. The minimum Gasteiger partial charge on any atom is -0.481 e. The van der Waals surface area contributed by atoms with E-state index in [0.717, 1.165) is 0 Å². The molecule has 0 heterocycles. The maximum atomic E-state index is 11.5. The van der Waals surface area contributed by atoms with E-state index in [1.807, 2.05) is 0 Å². The van der Waals surface area contributed by atoms with Crippen molar-refractivity contribution >= 4 is 17.8 Å². The number of rotatable bonds is 6. The third kappa shape index (κ3) is 7.65. The SMILES string of the molecule is CC(CNC(=O)CNC(=O)C(C)(C)C)CC(=O)O. The van der Waals surface area contributed by atoms with E-state index in [4.69, 9.17) is 5.11 Å². The lowest BCUT2D eigenvalue weighted by Crippen LogP contribution is -2.42. The first-order chi connectivity index (χ1) is 8.12. The van der Waals surface area contributed by atoms with Gasteiger partial charge in [-0.05, 0) is 5.92 Å². The van der Waals surface area contributed by atoms with Gasteiger partial charge < -0.3 is 15.7 Å². The van der Waals surface area contributed by atoms with Crippen molar-refractivity contribution in [1.29, 1.82) is 0 Å². The largest absolute Gasteiger partial charge is 0.481 e. The van der Waals surface area contributed by atoms with Crippen molar-refractivity contribution in [2.75, 3.05) is 13.1 Å². The Balaban J connectivity index is 3.86. The molecular weight excluding hydrogens is 236 g/mol. The molecule has 6 nitrogen and oxygen atoms in total. The molecule has 3 N–H and O–H groups in total. The Hall–Kier alpha value is -1.59. The van der Waals surface area contributed by atoms with Crippen LogP contribution in [0.15, 0.2) is 0 Å². The lowest BCUT2D eigenvalue weighted by atomic mass is 9.96. The minimum atomic E-state index is -0.891. The van der Waals surface area contributed by atoms with E-state index >= 15 is 0 Å². The molecular formula is C12H22N2O4. The fraction of sp³-hybridized carbons (Fsp3) is 0.750. The van der Waals surface area contributed by atoms with Gasteiger partial charge in [0.2, 0.25) is 11.8 Å². The predicted molar refractivity (Wildman–Crippen MR) is 66.9 cm³/mol. The van der Waals surface area contributed by atoms with Gasteiger partial charge in [0.1, 0.15) is 0 Å². The van der Waals surface area contributed by atoms with Gasteiger partial charge in [-0.25, -0.2) is 0 Å². The first-order valence-corrected chi connectivity index (χ1v) is 5.89. The first-order valence-electron chi connectivity index (χ1n) is 5.89. The van der Waals surface area contributed by atoms with Crippen LogP contribution in [-0.4, -0.2) is 36.0 Å². The minimum absolute atomic E-state index is 0.00856. The average molecular weight is 258 g/mol. The highest BCUT2D eigenvalue weighted by Gasteiger charge is 2.21. The van der Waals surface area contributed by atoms with Gasteiger partial charge in [-0.3, -0.25) is 14.4 Å². The molecule has 0 saturated heterocycles. The lowest BCUT2D eigenvalue weighted by molar-refractivity contribution is -0.138. The van der Waals surface area contributed by atoms with Crippen LogP contribution in [0.25, 0.3) is 0 Å². The summed E-state index contributed by atoms with van der Waals surface area (Å²) in [5.74, 6) is -1.54. The fourth-order valence-corrected chi connectivity index (χ4v) is 1.15. The number of aliphatic carboxylic acids is 1. The summed E-state index contributed by atoms with van der Waals surface area (Å²) < 4.78 is 0. The van der Waals surface area contributed by atoms with Crippen LogP contribution >= 0.6 is 0 Å². The van der Waals surface area contributed by atoms with Crippen molar-refractivity contribution in [3.8, 4) is 0 Å². The van der Waals surface area contributed by atoms with Crippen molar-refractivity contribution in [3.63, 3.8) is 0 Å². The molecule has 0 rings (SSSR count). The summed E-state index contributed by atoms with van der Waals surface area (Å²) in [5.41, 5.74) is -0.531. The summed E-state index contributed by atoms with van der Waals surface area (Å²) in [4.78, 5) is 33.3. The van der Waals surface area contributed by atoms with Crippen LogP contribution in [0.3, 0.4) is 0 Å². The number of carbonyl (C=O) groups is 3. The average Bonchev–Trinajstić information content (AvgIpc) is 2.20. The topological polar surface area (TPSA) is 95.5 Å². The Morgan fingerprint density at radius 2 is 1.72 bits per heavy atom. The molecule has 0 radical (unpaired) electrons. The fourth-order valence-electron chi connectivity index (χ4n) is 1.15. The number of nitrogens with one attached hydrogen (secondary N) is 2. The van der Waals surface area contributed by atoms with Gasteiger partial charge >= 0.3 is 5.97 Å². The molecule has 0 aromatic rings. The number of carboxylic acids is 1. The van der Waals surface area contributed by atoms with Gasteiger partial charge in [0.25, 0.3) is 0 Å². The third-order valence-corrected chi connectivity index (χ3v) is 2.26. The van der Waals surface area contributed by atoms with Crippen molar-refractivity contribution in [3.05, 3.63) is 0 Å². The zero-order valence-corrected chi connectivity index (χ0v) is 11.4. The maximum Gasteiger partial charge on any atom is 0.303 e. The highest BCUT2D eigenvalue weighted by atomic mass is 16.4. The lowest BCUT2D eigenvalue weighted by Gasteiger charge is -2.17. The summed E-state index contributed by atoms with van der Waals surface area (Å²) in [6.07, 6.45) is 0.00856. The number of carbonyl (C=O) groups excluding carboxylic acids is 2. The Labute approximate surface area is 107 Å². The molecule has 0 spiro atoms. The summed E-state index contributed by atoms with van der Waals surface area (Å²) in [5, 5.41) is 13.6. The molecule has 0 aromatic heterocycles. The third-order valence-electron chi connectivity index (χ3n) is 2.26. The molecule has 0 saturated carbocycles. The van der Waals surface area contributed by atoms with Crippen LogP contribution in [0, 0.1) is 11.3 Å². The van der Waals surface area contributed by atoms with Crippen LogP contribution in [-0.2, 0) is 14.4 Å². The molecule has 2 amide bonds. The highest BCUT2D eigenvalue weighted by molar-refractivity contribution is 5.87. The Morgan fingerprint density at radius 3 is 2.17 bits per heavy atom. The molecule has 18 heavy (non-hydrogen) atoms. The van der Waals surface area contributed by atoms with Crippen molar-refractivity contribution < 1.29 is 19.5 Å². The molecule has 104 valence electrons. The van der Waals surface area contributed by atoms with Gasteiger partial charge in [0, 0.05) is 18.4 Å². The zero-order valence-electron chi connectivity index (χ0n) is 11.4. The highest BCUT2D eigenvalue weighted by Crippen LogP contribution is 2.11. The van der Waals surface area contributed by atoms with E-state index in [0.29, 0.717) is 0 Å². The van der Waals surface area contributed by atoms with Crippen LogP contribution in [0.5, 0.6) is 0 Å². The molecule has 6 heteroatoms. The second-order valence-electron chi connectivity index (χ2n) is 5.44. The van der Waals surface area contributed by atoms with E-state index in [1.165, 1.54) is 0 Å². The van der Waals surface area contributed by atoms with Gasteiger partial charge in [-0.15, -0.1) is 0 Å². The molecule has 0 aliphatic rings. The van der Waals surface area contributed by atoms with Crippen molar-refractivity contribution in [2.24, 2.45) is 11.3 Å². The normalized spacial score (nSPS) is 12.7. The maximum absolute atomic E-state index is 11.5. The summed E-state index contributed by atoms with van der Waals surface area (Å²) in [7, 11) is 0. The Morgan fingerprint density at radius 1 is 1.17 bits per heavy atom. The summed E-state index contributed by atoms with van der Waals surface area (Å²) >= 11 is 0. The van der Waals surface area contributed by atoms with E-state index in [9.17, 15) is 14.4 Å². The van der Waals surface area contributed by atoms with Gasteiger partial charge in [0.15, 0.2) is 0 Å².